The van der Waals surface area contributed by atoms with Crippen LogP contribution in [0.15, 0.2) is 6.20 Å². The molecular weight excluding hydrogens is 162 g/mol. The van der Waals surface area contributed by atoms with Crippen molar-refractivity contribution in [3.63, 3.8) is 0 Å². The molecule has 1 unspecified atom stereocenters. The van der Waals surface area contributed by atoms with E-state index in [1.54, 1.807) is 0 Å². The van der Waals surface area contributed by atoms with Crippen LogP contribution in [0.2, 0.25) is 0 Å². The van der Waals surface area contributed by atoms with Crippen molar-refractivity contribution >= 4 is 0 Å². The molecule has 0 bridgehead atoms. The van der Waals surface area contributed by atoms with Crippen LogP contribution in [-0.2, 0) is 7.05 Å². The van der Waals surface area contributed by atoms with Crippen LogP contribution >= 0.6 is 0 Å². The molecule has 0 aliphatic heterocycles. The Morgan fingerprint density at radius 2 is 2.31 bits per heavy atom. The molecule has 1 N–H and O–H groups in total. The van der Waals surface area contributed by atoms with Crippen LogP contribution in [0, 0.1) is 12.8 Å². The van der Waals surface area contributed by atoms with E-state index in [2.05, 4.69) is 17.3 Å². The molecular formula is C10H17N3. The second kappa shape index (κ2) is 3.14. The lowest BCUT2D eigenvalue weighted by Gasteiger charge is -2.16. The summed E-state index contributed by atoms with van der Waals surface area (Å²) in [5.41, 5.74) is 2.65. The Morgan fingerprint density at radius 3 is 2.69 bits per heavy atom. The molecule has 1 aromatic heterocycles. The van der Waals surface area contributed by atoms with Gasteiger partial charge < -0.3 is 5.32 Å². The first-order valence-electron chi connectivity index (χ1n) is 4.89. The van der Waals surface area contributed by atoms with Crippen LogP contribution in [0.25, 0.3) is 0 Å². The Hall–Kier alpha value is -0.830. The van der Waals surface area contributed by atoms with Crippen molar-refractivity contribution in [2.24, 2.45) is 13.0 Å². The quantitative estimate of drug-likeness (QED) is 0.760. The van der Waals surface area contributed by atoms with Crippen molar-refractivity contribution in [3.05, 3.63) is 17.5 Å². The van der Waals surface area contributed by atoms with Gasteiger partial charge in [0.15, 0.2) is 0 Å². The maximum Gasteiger partial charge on any atom is 0.0582 e. The van der Waals surface area contributed by atoms with Gasteiger partial charge in [0.1, 0.15) is 0 Å². The van der Waals surface area contributed by atoms with Crippen molar-refractivity contribution in [3.8, 4) is 0 Å². The number of hydrogen-bond acceptors (Lipinski definition) is 2. The van der Waals surface area contributed by atoms with E-state index in [0.29, 0.717) is 6.04 Å². The lowest BCUT2D eigenvalue weighted by molar-refractivity contribution is 0.486. The Labute approximate surface area is 79.1 Å². The summed E-state index contributed by atoms with van der Waals surface area (Å²) in [5.74, 6) is 0.832. The first-order chi connectivity index (χ1) is 6.24. The van der Waals surface area contributed by atoms with Crippen molar-refractivity contribution < 1.29 is 0 Å². The lowest BCUT2D eigenvalue weighted by Crippen LogP contribution is -2.22. The highest BCUT2D eigenvalue weighted by atomic mass is 15.3. The second-order valence-corrected chi connectivity index (χ2v) is 3.94. The van der Waals surface area contributed by atoms with Gasteiger partial charge in [0.2, 0.25) is 0 Å². The predicted octanol–water partition coefficient (Wildman–Crippen LogP) is 1.40. The first-order valence-corrected chi connectivity index (χ1v) is 4.89. The Balaban J connectivity index is 2.30. The third-order valence-corrected chi connectivity index (χ3v) is 2.88. The molecule has 13 heavy (non-hydrogen) atoms. The van der Waals surface area contributed by atoms with Gasteiger partial charge in [-0.3, -0.25) is 4.68 Å². The van der Waals surface area contributed by atoms with Crippen molar-refractivity contribution in [2.45, 2.75) is 25.8 Å². The SMILES string of the molecule is CNC(c1c(C)cnn1C)C1CC1. The van der Waals surface area contributed by atoms with Gasteiger partial charge in [0.25, 0.3) is 0 Å². The van der Waals surface area contributed by atoms with Crippen LogP contribution in [0.3, 0.4) is 0 Å². The van der Waals surface area contributed by atoms with Gasteiger partial charge in [0, 0.05) is 7.05 Å². The molecule has 3 nitrogen and oxygen atoms in total. The van der Waals surface area contributed by atoms with E-state index in [0.717, 1.165) is 5.92 Å². The van der Waals surface area contributed by atoms with Crippen molar-refractivity contribution in [2.75, 3.05) is 7.05 Å². The van der Waals surface area contributed by atoms with Crippen molar-refractivity contribution in [1.29, 1.82) is 0 Å². The summed E-state index contributed by atoms with van der Waals surface area (Å²) in [5, 5.41) is 7.66. The zero-order valence-corrected chi connectivity index (χ0v) is 8.54. The fourth-order valence-corrected chi connectivity index (χ4v) is 2.03. The van der Waals surface area contributed by atoms with E-state index in [-0.39, 0.29) is 0 Å². The summed E-state index contributed by atoms with van der Waals surface area (Å²) in [6.45, 7) is 2.13. The highest BCUT2D eigenvalue weighted by Gasteiger charge is 2.33. The molecule has 72 valence electrons. The first kappa shape index (κ1) is 8.75. The molecule has 1 heterocycles. The van der Waals surface area contributed by atoms with E-state index >= 15 is 0 Å². The molecule has 2 rings (SSSR count). The number of nitrogens with one attached hydrogen (secondary N) is 1. The molecule has 1 aliphatic carbocycles. The molecule has 3 heteroatoms. The molecule has 0 aromatic carbocycles. The standard InChI is InChI=1S/C10H17N3/c1-7-6-12-13(3)10(7)9(11-2)8-4-5-8/h6,8-9,11H,4-5H2,1-3H3. The minimum Gasteiger partial charge on any atom is -0.311 e. The van der Waals surface area contributed by atoms with Crippen LogP contribution in [0.5, 0.6) is 0 Å². The lowest BCUT2D eigenvalue weighted by atomic mass is 10.1. The van der Waals surface area contributed by atoms with E-state index in [1.807, 2.05) is 25.0 Å². The van der Waals surface area contributed by atoms with E-state index < -0.39 is 0 Å². The second-order valence-electron chi connectivity index (χ2n) is 3.94. The molecule has 0 radical (unpaired) electrons. The minimum atomic E-state index is 0.507. The van der Waals surface area contributed by atoms with Gasteiger partial charge >= 0.3 is 0 Å². The van der Waals surface area contributed by atoms with Crippen molar-refractivity contribution in [1.82, 2.24) is 15.1 Å². The summed E-state index contributed by atoms with van der Waals surface area (Å²) < 4.78 is 1.99. The Bertz CT molecular complexity index is 280. The van der Waals surface area contributed by atoms with E-state index in [4.69, 9.17) is 0 Å². The van der Waals surface area contributed by atoms with Gasteiger partial charge in [-0.25, -0.2) is 0 Å². The summed E-state index contributed by atoms with van der Waals surface area (Å²) in [7, 11) is 4.06. The number of rotatable bonds is 3. The molecule has 0 spiro atoms. The number of nitrogens with zero attached hydrogens (tertiary/aromatic N) is 2. The summed E-state index contributed by atoms with van der Waals surface area (Å²) in [6, 6.07) is 0.507. The monoisotopic (exact) mass is 179 g/mol. The van der Waals surface area contributed by atoms with Crippen LogP contribution < -0.4 is 5.32 Å². The average Bonchev–Trinajstić information content (AvgIpc) is 2.88. The van der Waals surface area contributed by atoms with Crippen LogP contribution in [0.4, 0.5) is 0 Å². The fourth-order valence-electron chi connectivity index (χ4n) is 2.03. The smallest absolute Gasteiger partial charge is 0.0582 e. The summed E-state index contributed by atoms with van der Waals surface area (Å²) >= 11 is 0. The van der Waals surface area contributed by atoms with Gasteiger partial charge in [0.05, 0.1) is 17.9 Å². The topological polar surface area (TPSA) is 29.9 Å². The maximum atomic E-state index is 4.27. The molecule has 1 aliphatic rings. The molecule has 1 aromatic rings. The summed E-state index contributed by atoms with van der Waals surface area (Å²) in [4.78, 5) is 0. The van der Waals surface area contributed by atoms with Gasteiger partial charge in [-0.1, -0.05) is 0 Å². The third kappa shape index (κ3) is 1.48. The largest absolute Gasteiger partial charge is 0.311 e. The third-order valence-electron chi connectivity index (χ3n) is 2.88. The molecule has 1 saturated carbocycles. The van der Waals surface area contributed by atoms with Gasteiger partial charge in [-0.05, 0) is 38.3 Å². The summed E-state index contributed by atoms with van der Waals surface area (Å²) in [6.07, 6.45) is 4.66. The molecule has 1 fully saturated rings. The number of aromatic nitrogens is 2. The zero-order valence-electron chi connectivity index (χ0n) is 8.54. The maximum absolute atomic E-state index is 4.27. The highest BCUT2D eigenvalue weighted by molar-refractivity contribution is 5.21. The minimum absolute atomic E-state index is 0.507. The van der Waals surface area contributed by atoms with Gasteiger partial charge in [-0.2, -0.15) is 5.10 Å². The van der Waals surface area contributed by atoms with E-state index in [1.165, 1.54) is 24.1 Å². The number of aryl methyl sites for hydroxylation is 2. The van der Waals surface area contributed by atoms with Gasteiger partial charge in [-0.15, -0.1) is 0 Å². The molecule has 0 amide bonds. The molecule has 1 atom stereocenters. The normalized spacial score (nSPS) is 19.0. The zero-order chi connectivity index (χ0) is 9.42. The number of hydrogen-bond donors (Lipinski definition) is 1. The Morgan fingerprint density at radius 1 is 1.62 bits per heavy atom. The predicted molar refractivity (Wildman–Crippen MR) is 52.5 cm³/mol. The average molecular weight is 179 g/mol. The molecule has 0 saturated heterocycles. The van der Waals surface area contributed by atoms with Crippen LogP contribution in [-0.4, -0.2) is 16.8 Å². The van der Waals surface area contributed by atoms with E-state index in [9.17, 15) is 0 Å². The highest BCUT2D eigenvalue weighted by Crippen LogP contribution is 2.41. The Kier molecular flexibility index (Phi) is 2.12. The fraction of sp³-hybridized carbons (Fsp3) is 0.700. The van der Waals surface area contributed by atoms with Crippen LogP contribution in [0.1, 0.15) is 30.1 Å².